The highest BCUT2D eigenvalue weighted by atomic mass is 16.5. The minimum absolute atomic E-state index is 0.0712. The maximum atomic E-state index is 6.38. The Morgan fingerprint density at radius 3 is 2.25 bits per heavy atom. The Morgan fingerprint density at radius 2 is 1.75 bits per heavy atom. The highest BCUT2D eigenvalue weighted by Crippen LogP contribution is 2.28. The SMILES string of the molecule is CCCN(CCC)CC(N)c1cc(OC)ccc1OC. The Morgan fingerprint density at radius 1 is 1.10 bits per heavy atom. The van der Waals surface area contributed by atoms with E-state index in [2.05, 4.69) is 18.7 Å². The second-order valence-corrected chi connectivity index (χ2v) is 5.01. The third kappa shape index (κ3) is 4.69. The van der Waals surface area contributed by atoms with Crippen LogP contribution in [0, 0.1) is 0 Å². The lowest BCUT2D eigenvalue weighted by Gasteiger charge is -2.26. The van der Waals surface area contributed by atoms with Crippen LogP contribution in [0.1, 0.15) is 38.3 Å². The zero-order valence-electron chi connectivity index (χ0n) is 13.2. The summed E-state index contributed by atoms with van der Waals surface area (Å²) < 4.78 is 10.7. The first kappa shape index (κ1) is 16.8. The van der Waals surface area contributed by atoms with E-state index in [1.165, 1.54) is 0 Å². The molecule has 0 fully saturated rings. The van der Waals surface area contributed by atoms with Gasteiger partial charge in [0.15, 0.2) is 0 Å². The number of nitrogens with zero attached hydrogens (tertiary/aromatic N) is 1. The molecule has 0 heterocycles. The Labute approximate surface area is 122 Å². The topological polar surface area (TPSA) is 47.7 Å². The molecule has 0 aliphatic carbocycles. The van der Waals surface area contributed by atoms with Crippen LogP contribution >= 0.6 is 0 Å². The molecule has 1 aromatic rings. The van der Waals surface area contributed by atoms with Gasteiger partial charge < -0.3 is 20.1 Å². The van der Waals surface area contributed by atoms with Gasteiger partial charge in [0.2, 0.25) is 0 Å². The summed E-state index contributed by atoms with van der Waals surface area (Å²) in [5, 5.41) is 0. The van der Waals surface area contributed by atoms with E-state index >= 15 is 0 Å². The number of methoxy groups -OCH3 is 2. The minimum atomic E-state index is -0.0712. The van der Waals surface area contributed by atoms with Gasteiger partial charge in [-0.2, -0.15) is 0 Å². The lowest BCUT2D eigenvalue weighted by atomic mass is 10.0. The van der Waals surface area contributed by atoms with Gasteiger partial charge in [-0.25, -0.2) is 0 Å². The molecule has 114 valence electrons. The fourth-order valence-corrected chi connectivity index (χ4v) is 2.43. The third-order valence-electron chi connectivity index (χ3n) is 3.37. The van der Waals surface area contributed by atoms with Gasteiger partial charge >= 0.3 is 0 Å². The molecular formula is C16H28N2O2. The fraction of sp³-hybridized carbons (Fsp3) is 0.625. The predicted octanol–water partition coefficient (Wildman–Crippen LogP) is 2.83. The van der Waals surface area contributed by atoms with Crippen LogP contribution in [0.25, 0.3) is 0 Å². The summed E-state index contributed by atoms with van der Waals surface area (Å²) in [6.07, 6.45) is 2.28. The highest BCUT2D eigenvalue weighted by Gasteiger charge is 2.16. The molecule has 0 spiro atoms. The van der Waals surface area contributed by atoms with Crippen molar-refractivity contribution < 1.29 is 9.47 Å². The normalized spacial score (nSPS) is 12.5. The van der Waals surface area contributed by atoms with E-state index in [1.54, 1.807) is 14.2 Å². The second kappa shape index (κ2) is 8.82. The summed E-state index contributed by atoms with van der Waals surface area (Å²) in [6, 6.07) is 5.71. The van der Waals surface area contributed by atoms with Crippen LogP contribution in [0.15, 0.2) is 18.2 Å². The molecule has 0 aliphatic heterocycles. The molecule has 0 saturated carbocycles. The average Bonchev–Trinajstić information content (AvgIpc) is 2.47. The molecule has 1 unspecified atom stereocenters. The van der Waals surface area contributed by atoms with E-state index in [-0.39, 0.29) is 6.04 Å². The largest absolute Gasteiger partial charge is 0.497 e. The second-order valence-electron chi connectivity index (χ2n) is 5.01. The van der Waals surface area contributed by atoms with Gasteiger partial charge in [-0.05, 0) is 44.1 Å². The van der Waals surface area contributed by atoms with E-state index < -0.39 is 0 Å². The van der Waals surface area contributed by atoms with Crippen molar-refractivity contribution in [2.75, 3.05) is 33.9 Å². The van der Waals surface area contributed by atoms with Crippen LogP contribution < -0.4 is 15.2 Å². The van der Waals surface area contributed by atoms with E-state index in [0.717, 1.165) is 49.5 Å². The molecular weight excluding hydrogens is 252 g/mol. The van der Waals surface area contributed by atoms with Crippen molar-refractivity contribution in [1.29, 1.82) is 0 Å². The number of nitrogens with two attached hydrogens (primary N) is 1. The molecule has 0 bridgehead atoms. The van der Waals surface area contributed by atoms with Crippen LogP contribution in [0.3, 0.4) is 0 Å². The van der Waals surface area contributed by atoms with Gasteiger partial charge in [0, 0.05) is 18.2 Å². The number of ether oxygens (including phenoxy) is 2. The zero-order valence-corrected chi connectivity index (χ0v) is 13.2. The summed E-state index contributed by atoms with van der Waals surface area (Å²) in [4.78, 5) is 2.41. The summed E-state index contributed by atoms with van der Waals surface area (Å²) in [5.74, 6) is 1.64. The number of rotatable bonds is 9. The Bertz CT molecular complexity index is 390. The average molecular weight is 280 g/mol. The quantitative estimate of drug-likeness (QED) is 0.755. The molecule has 1 atom stereocenters. The van der Waals surface area contributed by atoms with E-state index in [1.807, 2.05) is 18.2 Å². The number of hydrogen-bond donors (Lipinski definition) is 1. The molecule has 0 aliphatic rings. The van der Waals surface area contributed by atoms with Crippen molar-refractivity contribution in [2.45, 2.75) is 32.7 Å². The third-order valence-corrected chi connectivity index (χ3v) is 3.37. The van der Waals surface area contributed by atoms with E-state index in [4.69, 9.17) is 15.2 Å². The van der Waals surface area contributed by atoms with E-state index in [0.29, 0.717) is 0 Å². The number of benzene rings is 1. The summed E-state index contributed by atoms with van der Waals surface area (Å²) in [5.41, 5.74) is 7.38. The van der Waals surface area contributed by atoms with Gasteiger partial charge in [0.1, 0.15) is 11.5 Å². The highest BCUT2D eigenvalue weighted by molar-refractivity contribution is 5.42. The van der Waals surface area contributed by atoms with Crippen molar-refractivity contribution in [2.24, 2.45) is 5.73 Å². The molecule has 0 saturated heterocycles. The van der Waals surface area contributed by atoms with Crippen molar-refractivity contribution in [3.8, 4) is 11.5 Å². The minimum Gasteiger partial charge on any atom is -0.497 e. The maximum absolute atomic E-state index is 6.38. The van der Waals surface area contributed by atoms with Gasteiger partial charge in [0.05, 0.1) is 14.2 Å². The van der Waals surface area contributed by atoms with Crippen molar-refractivity contribution in [3.05, 3.63) is 23.8 Å². The molecule has 0 amide bonds. The van der Waals surface area contributed by atoms with Crippen molar-refractivity contribution in [3.63, 3.8) is 0 Å². The van der Waals surface area contributed by atoms with Crippen LogP contribution in [0.5, 0.6) is 11.5 Å². The van der Waals surface area contributed by atoms with Crippen molar-refractivity contribution in [1.82, 2.24) is 4.90 Å². The van der Waals surface area contributed by atoms with Crippen molar-refractivity contribution >= 4 is 0 Å². The molecule has 1 aromatic carbocycles. The molecule has 0 aromatic heterocycles. The first-order valence-corrected chi connectivity index (χ1v) is 7.36. The first-order valence-electron chi connectivity index (χ1n) is 7.36. The smallest absolute Gasteiger partial charge is 0.123 e. The summed E-state index contributed by atoms with van der Waals surface area (Å²) in [7, 11) is 3.34. The zero-order chi connectivity index (χ0) is 15.0. The van der Waals surface area contributed by atoms with Crippen LogP contribution in [-0.2, 0) is 0 Å². The molecule has 4 heteroatoms. The standard InChI is InChI=1S/C16H28N2O2/c1-5-9-18(10-6-2)12-15(17)14-11-13(19-3)7-8-16(14)20-4/h7-8,11,15H,5-6,9-10,12,17H2,1-4H3. The maximum Gasteiger partial charge on any atom is 0.123 e. The van der Waals surface area contributed by atoms with Crippen LogP contribution in [0.2, 0.25) is 0 Å². The van der Waals surface area contributed by atoms with Gasteiger partial charge in [-0.3, -0.25) is 0 Å². The summed E-state index contributed by atoms with van der Waals surface area (Å²) in [6.45, 7) is 7.38. The van der Waals surface area contributed by atoms with Gasteiger partial charge in [0.25, 0.3) is 0 Å². The van der Waals surface area contributed by atoms with Crippen LogP contribution in [-0.4, -0.2) is 38.8 Å². The van der Waals surface area contributed by atoms with E-state index in [9.17, 15) is 0 Å². The molecule has 4 nitrogen and oxygen atoms in total. The van der Waals surface area contributed by atoms with Crippen LogP contribution in [0.4, 0.5) is 0 Å². The van der Waals surface area contributed by atoms with Gasteiger partial charge in [-0.1, -0.05) is 13.8 Å². The Hall–Kier alpha value is -1.26. The molecule has 2 N–H and O–H groups in total. The monoisotopic (exact) mass is 280 g/mol. The fourth-order valence-electron chi connectivity index (χ4n) is 2.43. The lowest BCUT2D eigenvalue weighted by Crippen LogP contribution is -2.33. The first-order chi connectivity index (χ1) is 9.65. The Kier molecular flexibility index (Phi) is 7.41. The predicted molar refractivity (Wildman–Crippen MR) is 83.5 cm³/mol. The molecule has 20 heavy (non-hydrogen) atoms. The summed E-state index contributed by atoms with van der Waals surface area (Å²) >= 11 is 0. The molecule has 0 radical (unpaired) electrons. The van der Waals surface area contributed by atoms with Gasteiger partial charge in [-0.15, -0.1) is 0 Å². The molecule has 1 rings (SSSR count). The Balaban J connectivity index is 2.85. The number of hydrogen-bond acceptors (Lipinski definition) is 4. The lowest BCUT2D eigenvalue weighted by molar-refractivity contribution is 0.256.